The SMILES string of the molecule is CCc1ncnc(NC2CCN(C)C(=O)C2)c1F. The second-order valence-corrected chi connectivity index (χ2v) is 4.49. The highest BCUT2D eigenvalue weighted by molar-refractivity contribution is 5.77. The van der Waals surface area contributed by atoms with Crippen molar-refractivity contribution in [3.63, 3.8) is 0 Å². The third kappa shape index (κ3) is 2.57. The molecule has 1 N–H and O–H groups in total. The van der Waals surface area contributed by atoms with Gasteiger partial charge in [-0.15, -0.1) is 0 Å². The third-order valence-electron chi connectivity index (χ3n) is 3.20. The summed E-state index contributed by atoms with van der Waals surface area (Å²) in [6.45, 7) is 2.53. The fraction of sp³-hybridized carbons (Fsp3) is 0.583. The van der Waals surface area contributed by atoms with Crippen LogP contribution >= 0.6 is 0 Å². The first kappa shape index (κ1) is 12.7. The zero-order valence-corrected chi connectivity index (χ0v) is 10.6. The zero-order chi connectivity index (χ0) is 13.1. The lowest BCUT2D eigenvalue weighted by Crippen LogP contribution is -2.41. The lowest BCUT2D eigenvalue weighted by atomic mass is 10.0. The van der Waals surface area contributed by atoms with Gasteiger partial charge < -0.3 is 10.2 Å². The number of carbonyl (C=O) groups excluding carboxylic acids is 1. The minimum Gasteiger partial charge on any atom is -0.364 e. The van der Waals surface area contributed by atoms with Crippen molar-refractivity contribution in [3.05, 3.63) is 17.8 Å². The molecule has 1 aromatic heterocycles. The molecule has 6 heteroatoms. The molecule has 18 heavy (non-hydrogen) atoms. The zero-order valence-electron chi connectivity index (χ0n) is 10.6. The maximum Gasteiger partial charge on any atom is 0.224 e. The van der Waals surface area contributed by atoms with E-state index in [2.05, 4.69) is 15.3 Å². The number of nitrogens with one attached hydrogen (secondary N) is 1. The van der Waals surface area contributed by atoms with Crippen molar-refractivity contribution < 1.29 is 9.18 Å². The highest BCUT2D eigenvalue weighted by Crippen LogP contribution is 2.18. The molecule has 98 valence electrons. The van der Waals surface area contributed by atoms with Crippen molar-refractivity contribution in [2.75, 3.05) is 18.9 Å². The summed E-state index contributed by atoms with van der Waals surface area (Å²) >= 11 is 0. The third-order valence-corrected chi connectivity index (χ3v) is 3.20. The molecule has 0 saturated carbocycles. The predicted octanol–water partition coefficient (Wildman–Crippen LogP) is 1.21. The van der Waals surface area contributed by atoms with E-state index in [1.807, 2.05) is 6.92 Å². The van der Waals surface area contributed by atoms with E-state index in [9.17, 15) is 9.18 Å². The molecule has 0 aliphatic carbocycles. The van der Waals surface area contributed by atoms with E-state index in [1.165, 1.54) is 6.33 Å². The number of anilines is 1. The first-order valence-corrected chi connectivity index (χ1v) is 6.11. The molecule has 2 rings (SSSR count). The first-order chi connectivity index (χ1) is 8.61. The minimum absolute atomic E-state index is 0.0530. The summed E-state index contributed by atoms with van der Waals surface area (Å²) in [6.07, 6.45) is 3.05. The number of likely N-dealkylation sites (tertiary alicyclic amines) is 1. The van der Waals surface area contributed by atoms with Gasteiger partial charge in [-0.25, -0.2) is 14.4 Å². The van der Waals surface area contributed by atoms with Crippen LogP contribution < -0.4 is 5.32 Å². The summed E-state index contributed by atoms with van der Waals surface area (Å²) in [5.74, 6) is -0.139. The number of amides is 1. The second-order valence-electron chi connectivity index (χ2n) is 4.49. The fourth-order valence-electron chi connectivity index (χ4n) is 2.01. The lowest BCUT2D eigenvalue weighted by Gasteiger charge is -2.29. The van der Waals surface area contributed by atoms with Crippen molar-refractivity contribution in [3.8, 4) is 0 Å². The summed E-state index contributed by atoms with van der Waals surface area (Å²) < 4.78 is 13.9. The highest BCUT2D eigenvalue weighted by atomic mass is 19.1. The molecule has 1 fully saturated rings. The van der Waals surface area contributed by atoms with Gasteiger partial charge in [-0.2, -0.15) is 0 Å². The van der Waals surface area contributed by atoms with Gasteiger partial charge in [0, 0.05) is 26.1 Å². The Labute approximate surface area is 105 Å². The molecule has 0 spiro atoms. The fourth-order valence-corrected chi connectivity index (χ4v) is 2.01. The van der Waals surface area contributed by atoms with Crippen LogP contribution in [-0.2, 0) is 11.2 Å². The van der Waals surface area contributed by atoms with E-state index < -0.39 is 5.82 Å². The number of piperidine rings is 1. The van der Waals surface area contributed by atoms with Gasteiger partial charge >= 0.3 is 0 Å². The topological polar surface area (TPSA) is 58.1 Å². The van der Waals surface area contributed by atoms with Crippen LogP contribution in [0, 0.1) is 5.82 Å². The molecule has 1 aliphatic rings. The minimum atomic E-state index is -0.411. The summed E-state index contributed by atoms with van der Waals surface area (Å²) in [5, 5.41) is 3.00. The average molecular weight is 252 g/mol. The van der Waals surface area contributed by atoms with Crippen LogP contribution in [0.4, 0.5) is 10.2 Å². The molecule has 1 amide bonds. The highest BCUT2D eigenvalue weighted by Gasteiger charge is 2.24. The summed E-state index contributed by atoms with van der Waals surface area (Å²) in [6, 6.07) is -0.0530. The average Bonchev–Trinajstić information content (AvgIpc) is 2.36. The number of hydrogen-bond donors (Lipinski definition) is 1. The standard InChI is InChI=1S/C12H17FN4O/c1-3-9-11(13)12(15-7-14-9)16-8-4-5-17(2)10(18)6-8/h7-8H,3-6H2,1-2H3,(H,14,15,16). The van der Waals surface area contributed by atoms with Crippen LogP contribution in [0.2, 0.25) is 0 Å². The van der Waals surface area contributed by atoms with E-state index in [1.54, 1.807) is 11.9 Å². The number of rotatable bonds is 3. The van der Waals surface area contributed by atoms with Crippen LogP contribution in [0.3, 0.4) is 0 Å². The quantitative estimate of drug-likeness (QED) is 0.878. The van der Waals surface area contributed by atoms with Gasteiger partial charge in [0.25, 0.3) is 0 Å². The van der Waals surface area contributed by atoms with E-state index in [0.717, 1.165) is 6.42 Å². The molecule has 1 saturated heterocycles. The smallest absolute Gasteiger partial charge is 0.224 e. The molecule has 1 atom stereocenters. The number of hydrogen-bond acceptors (Lipinski definition) is 4. The van der Waals surface area contributed by atoms with E-state index in [0.29, 0.717) is 25.1 Å². The summed E-state index contributed by atoms with van der Waals surface area (Å²) in [7, 11) is 1.78. The van der Waals surface area contributed by atoms with Gasteiger partial charge in [0.05, 0.1) is 5.69 Å². The van der Waals surface area contributed by atoms with Gasteiger partial charge in [0.1, 0.15) is 6.33 Å². The molecule has 0 bridgehead atoms. The molecular formula is C12H17FN4O. The first-order valence-electron chi connectivity index (χ1n) is 6.11. The molecule has 0 aromatic carbocycles. The lowest BCUT2D eigenvalue weighted by molar-refractivity contribution is -0.132. The molecule has 0 radical (unpaired) electrons. The molecule has 1 aliphatic heterocycles. The van der Waals surface area contributed by atoms with Crippen LogP contribution in [0.25, 0.3) is 0 Å². The van der Waals surface area contributed by atoms with Crippen LogP contribution in [0.1, 0.15) is 25.5 Å². The maximum atomic E-state index is 13.9. The van der Waals surface area contributed by atoms with Crippen LogP contribution in [0.5, 0.6) is 0 Å². The van der Waals surface area contributed by atoms with Gasteiger partial charge in [0.2, 0.25) is 5.91 Å². The normalized spacial score (nSPS) is 20.1. The number of nitrogens with zero attached hydrogens (tertiary/aromatic N) is 3. The molecule has 2 heterocycles. The van der Waals surface area contributed by atoms with E-state index >= 15 is 0 Å². The van der Waals surface area contributed by atoms with Gasteiger partial charge in [-0.1, -0.05) is 6.92 Å². The predicted molar refractivity (Wildman–Crippen MR) is 65.6 cm³/mol. The number of carbonyl (C=O) groups is 1. The Morgan fingerprint density at radius 2 is 2.33 bits per heavy atom. The van der Waals surface area contributed by atoms with E-state index in [-0.39, 0.29) is 17.8 Å². The van der Waals surface area contributed by atoms with Crippen molar-refractivity contribution in [1.29, 1.82) is 0 Å². The maximum absolute atomic E-state index is 13.9. The Hall–Kier alpha value is -1.72. The van der Waals surface area contributed by atoms with Gasteiger partial charge in [-0.3, -0.25) is 4.79 Å². The second kappa shape index (κ2) is 5.29. The Balaban J connectivity index is 2.08. The van der Waals surface area contributed by atoms with Crippen molar-refractivity contribution in [2.45, 2.75) is 32.2 Å². The summed E-state index contributed by atoms with van der Waals surface area (Å²) in [4.78, 5) is 21.0. The van der Waals surface area contributed by atoms with Crippen LogP contribution in [-0.4, -0.2) is 40.4 Å². The Bertz CT molecular complexity index is 452. The number of aryl methyl sites for hydroxylation is 1. The Morgan fingerprint density at radius 1 is 1.56 bits per heavy atom. The van der Waals surface area contributed by atoms with Gasteiger partial charge in [0.15, 0.2) is 11.6 Å². The van der Waals surface area contributed by atoms with Crippen molar-refractivity contribution in [1.82, 2.24) is 14.9 Å². The van der Waals surface area contributed by atoms with Crippen LogP contribution in [0.15, 0.2) is 6.33 Å². The van der Waals surface area contributed by atoms with E-state index in [4.69, 9.17) is 0 Å². The number of aromatic nitrogens is 2. The monoisotopic (exact) mass is 252 g/mol. The van der Waals surface area contributed by atoms with Crippen molar-refractivity contribution in [2.24, 2.45) is 0 Å². The molecule has 5 nitrogen and oxygen atoms in total. The Kier molecular flexibility index (Phi) is 3.74. The summed E-state index contributed by atoms with van der Waals surface area (Å²) in [5.41, 5.74) is 0.395. The molecular weight excluding hydrogens is 235 g/mol. The number of halogens is 1. The Morgan fingerprint density at radius 3 is 3.00 bits per heavy atom. The van der Waals surface area contributed by atoms with Crippen molar-refractivity contribution >= 4 is 11.7 Å². The van der Waals surface area contributed by atoms with Gasteiger partial charge in [-0.05, 0) is 12.8 Å². The molecule has 1 aromatic rings. The molecule has 1 unspecified atom stereocenters. The largest absolute Gasteiger partial charge is 0.364 e.